The first-order valence-electron chi connectivity index (χ1n) is 12.8. The predicted molar refractivity (Wildman–Crippen MR) is 144 cm³/mol. The van der Waals surface area contributed by atoms with Crippen LogP contribution >= 0.6 is 11.3 Å². The quantitative estimate of drug-likeness (QED) is 0.353. The average Bonchev–Trinajstić information content (AvgIpc) is 3.28. The number of hydrogen-bond donors (Lipinski definition) is 0. The maximum absolute atomic E-state index is 5.93. The molecular weight excluding hydrogens is 452 g/mol. The molecule has 2 aliphatic rings. The molecule has 2 aromatic heterocycles. The van der Waals surface area contributed by atoms with Crippen LogP contribution in [-0.2, 0) is 19.3 Å². The van der Waals surface area contributed by atoms with E-state index < -0.39 is 0 Å². The molecule has 3 heterocycles. The zero-order valence-electron chi connectivity index (χ0n) is 20.2. The molecule has 5 nitrogen and oxygen atoms in total. The second kappa shape index (κ2) is 10.3. The van der Waals surface area contributed by atoms with Gasteiger partial charge in [-0.05, 0) is 48.9 Å². The molecule has 1 saturated heterocycles. The van der Waals surface area contributed by atoms with Crippen molar-refractivity contribution in [2.75, 3.05) is 44.2 Å². The molecule has 0 radical (unpaired) electrons. The number of ether oxygens (including phenoxy) is 1. The Hall–Kier alpha value is -2.96. The largest absolute Gasteiger partial charge is 0.492 e. The zero-order chi connectivity index (χ0) is 23.5. The van der Waals surface area contributed by atoms with Crippen molar-refractivity contribution in [1.29, 1.82) is 0 Å². The first kappa shape index (κ1) is 22.5. The van der Waals surface area contributed by atoms with E-state index >= 15 is 0 Å². The lowest BCUT2D eigenvalue weighted by molar-refractivity contribution is 0.200. The monoisotopic (exact) mass is 484 g/mol. The highest BCUT2D eigenvalue weighted by molar-refractivity contribution is 7.19. The summed E-state index contributed by atoms with van der Waals surface area (Å²) in [6, 6.07) is 20.7. The van der Waals surface area contributed by atoms with E-state index in [-0.39, 0.29) is 0 Å². The SMILES string of the molecule is c1ccc(Cc2nc(N3CCN(CCOc4ccccc4)CC3)c3c4c(sc3n2)CCCC4)cc1. The van der Waals surface area contributed by atoms with Crippen LogP contribution in [0.3, 0.4) is 0 Å². The van der Waals surface area contributed by atoms with Gasteiger partial charge in [0.1, 0.15) is 28.8 Å². The Kier molecular flexibility index (Phi) is 6.65. The van der Waals surface area contributed by atoms with Crippen LogP contribution in [0.1, 0.15) is 34.7 Å². The van der Waals surface area contributed by atoms with Crippen LogP contribution in [0.2, 0.25) is 0 Å². The molecule has 6 rings (SSSR count). The molecule has 0 bridgehead atoms. The van der Waals surface area contributed by atoms with E-state index in [1.54, 1.807) is 0 Å². The summed E-state index contributed by atoms with van der Waals surface area (Å²) in [6.45, 7) is 5.73. The minimum Gasteiger partial charge on any atom is -0.492 e. The lowest BCUT2D eigenvalue weighted by atomic mass is 9.96. The fourth-order valence-electron chi connectivity index (χ4n) is 5.26. The van der Waals surface area contributed by atoms with Gasteiger partial charge in [0.25, 0.3) is 0 Å². The minimum absolute atomic E-state index is 0.723. The Morgan fingerprint density at radius 2 is 1.57 bits per heavy atom. The number of piperazine rings is 1. The third kappa shape index (κ3) is 5.04. The van der Waals surface area contributed by atoms with Crippen molar-refractivity contribution in [3.8, 4) is 5.75 Å². The van der Waals surface area contributed by atoms with Crippen molar-refractivity contribution >= 4 is 27.4 Å². The Bertz CT molecular complexity index is 1270. The zero-order valence-corrected chi connectivity index (χ0v) is 21.0. The number of rotatable bonds is 7. The highest BCUT2D eigenvalue weighted by atomic mass is 32.1. The van der Waals surface area contributed by atoms with Gasteiger partial charge >= 0.3 is 0 Å². The first-order chi connectivity index (χ1) is 17.3. The van der Waals surface area contributed by atoms with E-state index in [0.29, 0.717) is 0 Å². The third-order valence-corrected chi connectivity index (χ3v) is 8.32. The molecule has 4 aromatic rings. The van der Waals surface area contributed by atoms with Crippen molar-refractivity contribution in [3.05, 3.63) is 82.5 Å². The second-order valence-corrected chi connectivity index (χ2v) is 10.6. The number of fused-ring (bicyclic) bond motifs is 3. The van der Waals surface area contributed by atoms with Crippen LogP contribution in [0.15, 0.2) is 60.7 Å². The molecule has 35 heavy (non-hydrogen) atoms. The summed E-state index contributed by atoms with van der Waals surface area (Å²) in [7, 11) is 0. The Morgan fingerprint density at radius 3 is 2.37 bits per heavy atom. The van der Waals surface area contributed by atoms with Crippen molar-refractivity contribution in [3.63, 3.8) is 0 Å². The van der Waals surface area contributed by atoms with Gasteiger partial charge in [0.15, 0.2) is 0 Å². The van der Waals surface area contributed by atoms with E-state index in [1.807, 2.05) is 41.7 Å². The van der Waals surface area contributed by atoms with Crippen molar-refractivity contribution in [1.82, 2.24) is 14.9 Å². The maximum atomic E-state index is 5.93. The Balaban J connectivity index is 1.20. The molecule has 0 atom stereocenters. The number of aromatic nitrogens is 2. The Morgan fingerprint density at radius 1 is 0.829 bits per heavy atom. The van der Waals surface area contributed by atoms with E-state index in [0.717, 1.165) is 57.3 Å². The van der Waals surface area contributed by atoms with Gasteiger partial charge in [-0.3, -0.25) is 4.90 Å². The average molecular weight is 485 g/mol. The summed E-state index contributed by atoms with van der Waals surface area (Å²) in [4.78, 5) is 18.0. The fraction of sp³-hybridized carbons (Fsp3) is 0.379. The molecule has 0 amide bonds. The number of anilines is 1. The molecule has 2 aromatic carbocycles. The lowest BCUT2D eigenvalue weighted by Crippen LogP contribution is -2.48. The predicted octanol–water partition coefficient (Wildman–Crippen LogP) is 5.36. The topological polar surface area (TPSA) is 41.5 Å². The van der Waals surface area contributed by atoms with Gasteiger partial charge in [0, 0.05) is 44.0 Å². The summed E-state index contributed by atoms with van der Waals surface area (Å²) in [6.07, 6.45) is 5.71. The molecule has 0 saturated carbocycles. The third-order valence-electron chi connectivity index (χ3n) is 7.14. The van der Waals surface area contributed by atoms with E-state index in [4.69, 9.17) is 14.7 Å². The number of hydrogen-bond acceptors (Lipinski definition) is 6. The molecular formula is C29H32N4OS. The van der Waals surface area contributed by atoms with E-state index in [2.05, 4.69) is 40.1 Å². The summed E-state index contributed by atoms with van der Waals surface area (Å²) < 4.78 is 5.93. The maximum Gasteiger partial charge on any atom is 0.141 e. The summed E-state index contributed by atoms with van der Waals surface area (Å²) in [5, 5.41) is 1.34. The van der Waals surface area contributed by atoms with Gasteiger partial charge in [0.05, 0.1) is 5.39 Å². The summed E-state index contributed by atoms with van der Waals surface area (Å²) in [5.74, 6) is 3.05. The molecule has 1 aliphatic heterocycles. The smallest absolute Gasteiger partial charge is 0.141 e. The fourth-order valence-corrected chi connectivity index (χ4v) is 6.53. The van der Waals surface area contributed by atoms with E-state index in [9.17, 15) is 0 Å². The van der Waals surface area contributed by atoms with Gasteiger partial charge in [0.2, 0.25) is 0 Å². The van der Waals surface area contributed by atoms with Crippen molar-refractivity contribution < 1.29 is 4.74 Å². The van der Waals surface area contributed by atoms with Crippen LogP contribution < -0.4 is 9.64 Å². The molecule has 0 spiro atoms. The minimum atomic E-state index is 0.723. The van der Waals surface area contributed by atoms with Crippen molar-refractivity contribution in [2.24, 2.45) is 0 Å². The van der Waals surface area contributed by atoms with Gasteiger partial charge in [-0.1, -0.05) is 48.5 Å². The second-order valence-electron chi connectivity index (χ2n) is 9.51. The normalized spacial score (nSPS) is 16.4. The highest BCUT2D eigenvalue weighted by Crippen LogP contribution is 2.40. The molecule has 1 aliphatic carbocycles. The van der Waals surface area contributed by atoms with Gasteiger partial charge in [-0.2, -0.15) is 0 Å². The molecule has 180 valence electrons. The standard InChI is InChI=1S/C29H32N4OS/c1-3-9-22(10-4-1)21-26-30-28(27-24-13-7-8-14-25(24)35-29(27)31-26)33-17-15-32(16-18-33)19-20-34-23-11-5-2-6-12-23/h1-6,9-12H,7-8,13-21H2. The summed E-state index contributed by atoms with van der Waals surface area (Å²) in [5.41, 5.74) is 2.79. The number of benzene rings is 2. The van der Waals surface area contributed by atoms with Gasteiger partial charge in [-0.15, -0.1) is 11.3 Å². The van der Waals surface area contributed by atoms with Gasteiger partial charge < -0.3 is 9.64 Å². The number of aryl methyl sites for hydroxylation is 2. The number of thiophene rings is 1. The van der Waals surface area contributed by atoms with E-state index in [1.165, 1.54) is 57.7 Å². The molecule has 0 unspecified atom stereocenters. The van der Waals surface area contributed by atoms with Crippen LogP contribution in [0.4, 0.5) is 5.82 Å². The van der Waals surface area contributed by atoms with Crippen LogP contribution in [0, 0.1) is 0 Å². The first-order valence-corrected chi connectivity index (χ1v) is 13.7. The number of para-hydroxylation sites is 1. The molecule has 6 heteroatoms. The van der Waals surface area contributed by atoms with Crippen LogP contribution in [0.25, 0.3) is 10.2 Å². The van der Waals surface area contributed by atoms with Crippen LogP contribution in [-0.4, -0.2) is 54.2 Å². The van der Waals surface area contributed by atoms with Crippen molar-refractivity contribution in [2.45, 2.75) is 32.1 Å². The highest BCUT2D eigenvalue weighted by Gasteiger charge is 2.26. The Labute approximate surface area is 211 Å². The van der Waals surface area contributed by atoms with Gasteiger partial charge in [-0.25, -0.2) is 9.97 Å². The lowest BCUT2D eigenvalue weighted by Gasteiger charge is -2.35. The molecule has 1 fully saturated rings. The summed E-state index contributed by atoms with van der Waals surface area (Å²) >= 11 is 1.91. The van der Waals surface area contributed by atoms with Crippen LogP contribution in [0.5, 0.6) is 5.75 Å². The molecule has 0 N–H and O–H groups in total. The number of nitrogens with zero attached hydrogens (tertiary/aromatic N) is 4.